The standard InChI is InChI=1S/C30H34F6O3/c1-3-5-7-8-10-14-37-29-27(35)25(33)22(26(34)28(29)36)13-12-21-23(31)15-20(16-24(21)32)30-38-17-19(18-39-30)11-9-6-4-2/h15-16,19,30H,3-11,14,17-18H2,1-2H3. The van der Waals surface area contributed by atoms with Crippen molar-refractivity contribution in [2.24, 2.45) is 5.92 Å². The smallest absolute Gasteiger partial charge is 0.205 e. The van der Waals surface area contributed by atoms with Gasteiger partial charge in [-0.1, -0.05) is 70.6 Å². The van der Waals surface area contributed by atoms with Crippen LogP contribution in [0, 0.1) is 52.7 Å². The quantitative estimate of drug-likeness (QED) is 0.114. The molecule has 39 heavy (non-hydrogen) atoms. The summed E-state index contributed by atoms with van der Waals surface area (Å²) in [6, 6.07) is 1.89. The van der Waals surface area contributed by atoms with E-state index >= 15 is 0 Å². The number of hydrogen-bond donors (Lipinski definition) is 0. The van der Waals surface area contributed by atoms with Crippen molar-refractivity contribution >= 4 is 0 Å². The molecular formula is C30H34F6O3. The van der Waals surface area contributed by atoms with Crippen LogP contribution in [0.4, 0.5) is 26.3 Å². The maximum absolute atomic E-state index is 14.7. The molecule has 1 saturated heterocycles. The SMILES string of the molecule is CCCCCCCOc1c(F)c(F)c(C#Cc2c(F)cc(C3OCC(CCCCC)CO3)cc2F)c(F)c1F. The van der Waals surface area contributed by atoms with Crippen molar-refractivity contribution in [3.63, 3.8) is 0 Å². The van der Waals surface area contributed by atoms with Crippen LogP contribution in [-0.4, -0.2) is 19.8 Å². The van der Waals surface area contributed by atoms with Crippen molar-refractivity contribution in [2.45, 2.75) is 77.9 Å². The zero-order valence-electron chi connectivity index (χ0n) is 22.3. The molecule has 0 amide bonds. The highest BCUT2D eigenvalue weighted by Crippen LogP contribution is 2.31. The Morgan fingerprint density at radius 3 is 1.85 bits per heavy atom. The molecule has 0 bridgehead atoms. The molecule has 3 rings (SSSR count). The van der Waals surface area contributed by atoms with Crippen LogP contribution in [0.5, 0.6) is 5.75 Å². The third-order valence-corrected chi connectivity index (χ3v) is 6.55. The molecule has 0 spiro atoms. The largest absolute Gasteiger partial charge is 0.487 e. The van der Waals surface area contributed by atoms with Crippen molar-refractivity contribution < 1.29 is 40.6 Å². The molecule has 9 heteroatoms. The summed E-state index contributed by atoms with van der Waals surface area (Å²) in [6.45, 7) is 4.77. The molecule has 0 radical (unpaired) electrons. The number of rotatable bonds is 12. The van der Waals surface area contributed by atoms with Gasteiger partial charge in [-0.3, -0.25) is 0 Å². The van der Waals surface area contributed by atoms with E-state index in [2.05, 4.69) is 6.92 Å². The first-order valence-corrected chi connectivity index (χ1v) is 13.5. The lowest BCUT2D eigenvalue weighted by atomic mass is 10.0. The molecule has 2 aromatic carbocycles. The monoisotopic (exact) mass is 556 g/mol. The average molecular weight is 557 g/mol. The van der Waals surface area contributed by atoms with Crippen LogP contribution in [0.2, 0.25) is 0 Å². The third-order valence-electron chi connectivity index (χ3n) is 6.55. The zero-order valence-corrected chi connectivity index (χ0v) is 22.3. The van der Waals surface area contributed by atoms with Gasteiger partial charge in [-0.25, -0.2) is 17.6 Å². The van der Waals surface area contributed by atoms with Gasteiger partial charge in [-0.15, -0.1) is 0 Å². The first kappa shape index (κ1) is 30.8. The number of hydrogen-bond acceptors (Lipinski definition) is 3. The van der Waals surface area contributed by atoms with E-state index in [-0.39, 0.29) is 18.1 Å². The summed E-state index contributed by atoms with van der Waals surface area (Å²) < 4.78 is 104. The molecule has 1 aliphatic heterocycles. The molecular weight excluding hydrogens is 522 g/mol. The van der Waals surface area contributed by atoms with Crippen molar-refractivity contribution in [1.29, 1.82) is 0 Å². The second-order valence-electron chi connectivity index (χ2n) is 9.69. The van der Waals surface area contributed by atoms with Gasteiger partial charge in [0.25, 0.3) is 0 Å². The zero-order chi connectivity index (χ0) is 28.4. The maximum Gasteiger partial charge on any atom is 0.205 e. The molecule has 0 unspecified atom stereocenters. The van der Waals surface area contributed by atoms with E-state index < -0.39 is 58.1 Å². The molecule has 0 atom stereocenters. The molecule has 0 aromatic heterocycles. The van der Waals surface area contributed by atoms with Crippen molar-refractivity contribution in [2.75, 3.05) is 19.8 Å². The highest BCUT2D eigenvalue weighted by atomic mass is 19.2. The Kier molecular flexibility index (Phi) is 12.0. The van der Waals surface area contributed by atoms with Gasteiger partial charge >= 0.3 is 0 Å². The van der Waals surface area contributed by atoms with Crippen LogP contribution < -0.4 is 4.74 Å². The third kappa shape index (κ3) is 8.15. The molecule has 0 N–H and O–H groups in total. The topological polar surface area (TPSA) is 27.7 Å². The molecule has 214 valence electrons. The number of halogens is 6. The Labute approximate surface area is 225 Å². The average Bonchev–Trinajstić information content (AvgIpc) is 2.92. The minimum absolute atomic E-state index is 0.0770. The maximum atomic E-state index is 14.7. The summed E-state index contributed by atoms with van der Waals surface area (Å²) in [5, 5.41) is 0. The predicted molar refractivity (Wildman–Crippen MR) is 135 cm³/mol. The normalized spacial score (nSPS) is 17.1. The molecule has 2 aromatic rings. The molecule has 1 aliphatic rings. The summed E-state index contributed by atoms with van der Waals surface area (Å²) in [7, 11) is 0. The van der Waals surface area contributed by atoms with E-state index in [9.17, 15) is 26.3 Å². The van der Waals surface area contributed by atoms with Crippen molar-refractivity contribution in [1.82, 2.24) is 0 Å². The number of unbranched alkanes of at least 4 members (excludes halogenated alkanes) is 6. The lowest BCUT2D eigenvalue weighted by Gasteiger charge is -2.29. The first-order chi connectivity index (χ1) is 18.8. The summed E-state index contributed by atoms with van der Waals surface area (Å²) in [4.78, 5) is 0. The summed E-state index contributed by atoms with van der Waals surface area (Å²) >= 11 is 0. The highest BCUT2D eigenvalue weighted by Gasteiger charge is 2.27. The first-order valence-electron chi connectivity index (χ1n) is 13.5. The van der Waals surface area contributed by atoms with Gasteiger partial charge in [-0.05, 0) is 25.0 Å². The fraction of sp³-hybridized carbons (Fsp3) is 0.533. The fourth-order valence-corrected chi connectivity index (χ4v) is 4.29. The Hall–Kier alpha value is -2.70. The fourth-order valence-electron chi connectivity index (χ4n) is 4.29. The molecule has 0 aliphatic carbocycles. The van der Waals surface area contributed by atoms with E-state index in [0.717, 1.165) is 63.5 Å². The lowest BCUT2D eigenvalue weighted by molar-refractivity contribution is -0.206. The molecule has 0 saturated carbocycles. The van der Waals surface area contributed by atoms with Gasteiger partial charge in [0, 0.05) is 11.5 Å². The Morgan fingerprint density at radius 1 is 0.718 bits per heavy atom. The Bertz CT molecular complexity index is 1110. The Morgan fingerprint density at radius 2 is 1.26 bits per heavy atom. The minimum Gasteiger partial charge on any atom is -0.487 e. The molecule has 3 nitrogen and oxygen atoms in total. The van der Waals surface area contributed by atoms with Crippen molar-refractivity contribution in [3.8, 4) is 17.6 Å². The van der Waals surface area contributed by atoms with Gasteiger partial charge in [0.15, 0.2) is 23.7 Å². The van der Waals surface area contributed by atoms with Crippen LogP contribution in [0.3, 0.4) is 0 Å². The summed E-state index contributed by atoms with van der Waals surface area (Å²) in [5.74, 6) is -6.62. The molecule has 1 fully saturated rings. The second-order valence-corrected chi connectivity index (χ2v) is 9.69. The number of benzene rings is 2. The van der Waals surface area contributed by atoms with Gasteiger partial charge in [-0.2, -0.15) is 8.78 Å². The molecule has 1 heterocycles. The van der Waals surface area contributed by atoms with E-state index in [1.54, 1.807) is 0 Å². The highest BCUT2D eigenvalue weighted by molar-refractivity contribution is 5.48. The van der Waals surface area contributed by atoms with Crippen LogP contribution in [-0.2, 0) is 9.47 Å². The number of ether oxygens (including phenoxy) is 3. The van der Waals surface area contributed by atoms with Gasteiger partial charge in [0.05, 0.1) is 25.4 Å². The van der Waals surface area contributed by atoms with E-state index in [1.165, 1.54) is 0 Å². The van der Waals surface area contributed by atoms with Crippen LogP contribution >= 0.6 is 0 Å². The summed E-state index contributed by atoms with van der Waals surface area (Å²) in [5.41, 5.74) is -2.04. The lowest BCUT2D eigenvalue weighted by Crippen LogP contribution is -2.27. The van der Waals surface area contributed by atoms with Crippen LogP contribution in [0.25, 0.3) is 0 Å². The van der Waals surface area contributed by atoms with E-state index in [0.29, 0.717) is 19.6 Å². The van der Waals surface area contributed by atoms with Crippen LogP contribution in [0.1, 0.15) is 94.6 Å². The van der Waals surface area contributed by atoms with E-state index in [4.69, 9.17) is 14.2 Å². The van der Waals surface area contributed by atoms with Crippen LogP contribution in [0.15, 0.2) is 12.1 Å². The van der Waals surface area contributed by atoms with Crippen molar-refractivity contribution in [3.05, 3.63) is 63.7 Å². The van der Waals surface area contributed by atoms with Gasteiger partial charge < -0.3 is 14.2 Å². The minimum atomic E-state index is -1.81. The van der Waals surface area contributed by atoms with E-state index in [1.807, 2.05) is 18.8 Å². The Balaban J connectivity index is 1.72. The second kappa shape index (κ2) is 15.2. The van der Waals surface area contributed by atoms with Gasteiger partial charge in [0.1, 0.15) is 17.2 Å². The summed E-state index contributed by atoms with van der Waals surface area (Å²) in [6.07, 6.45) is 7.27. The van der Waals surface area contributed by atoms with Gasteiger partial charge in [0.2, 0.25) is 11.6 Å². The predicted octanol–water partition coefficient (Wildman–Crippen LogP) is 8.51.